The normalized spacial score (nSPS) is 16.4. The van der Waals surface area contributed by atoms with Crippen molar-refractivity contribution in [1.82, 2.24) is 0 Å². The fourth-order valence-corrected chi connectivity index (χ4v) is 1.79. The number of rotatable bonds is 3. The molecule has 0 unspecified atom stereocenters. The van der Waals surface area contributed by atoms with Crippen LogP contribution in [-0.4, -0.2) is 6.54 Å². The number of para-hydroxylation sites is 1. The van der Waals surface area contributed by atoms with Gasteiger partial charge in [-0.3, -0.25) is 0 Å². The summed E-state index contributed by atoms with van der Waals surface area (Å²) in [6, 6.07) is 6.15. The average Bonchev–Trinajstić information content (AvgIpc) is 2.09. The van der Waals surface area contributed by atoms with E-state index in [2.05, 4.69) is 17.4 Å². The first-order valence-electron chi connectivity index (χ1n) is 5.36. The zero-order valence-corrected chi connectivity index (χ0v) is 8.72. The van der Waals surface area contributed by atoms with Gasteiger partial charge >= 0.3 is 0 Å². The highest BCUT2D eigenvalue weighted by molar-refractivity contribution is 5.69. The number of aryl methyl sites for hydroxylation is 1. The second-order valence-electron chi connectivity index (χ2n) is 4.21. The molecule has 0 aliphatic heterocycles. The molecule has 1 aliphatic rings. The first-order valence-corrected chi connectivity index (χ1v) is 5.36. The van der Waals surface area contributed by atoms with Gasteiger partial charge in [0.05, 0.1) is 11.4 Å². The Bertz CT molecular complexity index is 316. The van der Waals surface area contributed by atoms with Crippen molar-refractivity contribution in [1.29, 1.82) is 0 Å². The monoisotopic (exact) mass is 190 g/mol. The summed E-state index contributed by atoms with van der Waals surface area (Å²) in [5.41, 5.74) is 9.11. The largest absolute Gasteiger partial charge is 0.397 e. The van der Waals surface area contributed by atoms with E-state index < -0.39 is 0 Å². The van der Waals surface area contributed by atoms with Crippen molar-refractivity contribution in [2.24, 2.45) is 5.92 Å². The van der Waals surface area contributed by atoms with E-state index in [4.69, 9.17) is 5.73 Å². The van der Waals surface area contributed by atoms with Gasteiger partial charge in [0.25, 0.3) is 0 Å². The molecule has 2 heteroatoms. The van der Waals surface area contributed by atoms with Crippen molar-refractivity contribution in [3.63, 3.8) is 0 Å². The molecular formula is C12H18N2. The highest BCUT2D eigenvalue weighted by atomic mass is 14.9. The lowest BCUT2D eigenvalue weighted by atomic mass is 9.85. The van der Waals surface area contributed by atoms with E-state index in [1.165, 1.54) is 19.3 Å². The van der Waals surface area contributed by atoms with Gasteiger partial charge in [-0.15, -0.1) is 0 Å². The molecule has 76 valence electrons. The fraction of sp³-hybridized carbons (Fsp3) is 0.500. The predicted molar refractivity (Wildman–Crippen MR) is 61.4 cm³/mol. The predicted octanol–water partition coefficient (Wildman–Crippen LogP) is 2.79. The van der Waals surface area contributed by atoms with Gasteiger partial charge in [0.2, 0.25) is 0 Å². The molecule has 0 aromatic heterocycles. The molecule has 0 atom stereocenters. The van der Waals surface area contributed by atoms with E-state index in [0.717, 1.165) is 29.4 Å². The third kappa shape index (κ3) is 1.84. The van der Waals surface area contributed by atoms with Gasteiger partial charge in [0.1, 0.15) is 0 Å². The van der Waals surface area contributed by atoms with Crippen LogP contribution in [0.15, 0.2) is 18.2 Å². The molecule has 1 aromatic rings. The minimum atomic E-state index is 0.870. The van der Waals surface area contributed by atoms with Crippen molar-refractivity contribution >= 4 is 11.4 Å². The summed E-state index contributed by atoms with van der Waals surface area (Å²) in [7, 11) is 0. The highest BCUT2D eigenvalue weighted by Gasteiger charge is 2.16. The Kier molecular flexibility index (Phi) is 2.62. The minimum Gasteiger partial charge on any atom is -0.397 e. The van der Waals surface area contributed by atoms with Crippen molar-refractivity contribution in [2.75, 3.05) is 17.6 Å². The first kappa shape index (κ1) is 9.38. The zero-order chi connectivity index (χ0) is 9.97. The van der Waals surface area contributed by atoms with Gasteiger partial charge in [-0.25, -0.2) is 0 Å². The molecular weight excluding hydrogens is 172 g/mol. The van der Waals surface area contributed by atoms with Crippen LogP contribution in [0, 0.1) is 12.8 Å². The van der Waals surface area contributed by atoms with Gasteiger partial charge in [-0.1, -0.05) is 18.6 Å². The number of hydrogen-bond acceptors (Lipinski definition) is 2. The molecule has 1 fully saturated rings. The number of nitrogens with two attached hydrogens (primary N) is 1. The van der Waals surface area contributed by atoms with Crippen LogP contribution in [-0.2, 0) is 0 Å². The minimum absolute atomic E-state index is 0.870. The van der Waals surface area contributed by atoms with Gasteiger partial charge in [-0.2, -0.15) is 0 Å². The SMILES string of the molecule is Cc1cccc(NCC2CCC2)c1N. The molecule has 1 aliphatic carbocycles. The lowest BCUT2D eigenvalue weighted by molar-refractivity contribution is 0.333. The second-order valence-corrected chi connectivity index (χ2v) is 4.21. The number of anilines is 2. The summed E-state index contributed by atoms with van der Waals surface area (Å²) >= 11 is 0. The number of benzene rings is 1. The summed E-state index contributed by atoms with van der Waals surface area (Å²) in [6.45, 7) is 3.12. The maximum absolute atomic E-state index is 5.97. The molecule has 0 amide bonds. The van der Waals surface area contributed by atoms with E-state index >= 15 is 0 Å². The Morgan fingerprint density at radius 2 is 2.21 bits per heavy atom. The molecule has 0 heterocycles. The van der Waals surface area contributed by atoms with Crippen molar-refractivity contribution in [3.8, 4) is 0 Å². The van der Waals surface area contributed by atoms with Gasteiger partial charge in [0, 0.05) is 6.54 Å². The van der Waals surface area contributed by atoms with Crippen LogP contribution >= 0.6 is 0 Å². The maximum Gasteiger partial charge on any atom is 0.0579 e. The molecule has 2 rings (SSSR count). The Labute approximate surface area is 85.5 Å². The molecule has 0 saturated heterocycles. The second kappa shape index (κ2) is 3.91. The maximum atomic E-state index is 5.97. The molecule has 3 N–H and O–H groups in total. The smallest absolute Gasteiger partial charge is 0.0579 e. The fourth-order valence-electron chi connectivity index (χ4n) is 1.79. The lowest BCUT2D eigenvalue weighted by Gasteiger charge is -2.26. The van der Waals surface area contributed by atoms with Crippen LogP contribution < -0.4 is 11.1 Å². The number of nitrogen functional groups attached to an aromatic ring is 1. The topological polar surface area (TPSA) is 38.0 Å². The van der Waals surface area contributed by atoms with Crippen LogP contribution in [0.2, 0.25) is 0 Å². The lowest BCUT2D eigenvalue weighted by Crippen LogP contribution is -2.21. The third-order valence-electron chi connectivity index (χ3n) is 3.13. The molecule has 2 nitrogen and oxygen atoms in total. The van der Waals surface area contributed by atoms with Crippen molar-refractivity contribution in [3.05, 3.63) is 23.8 Å². The Hall–Kier alpha value is -1.18. The van der Waals surface area contributed by atoms with E-state index in [9.17, 15) is 0 Å². The van der Waals surface area contributed by atoms with Crippen LogP contribution in [0.3, 0.4) is 0 Å². The van der Waals surface area contributed by atoms with E-state index in [-0.39, 0.29) is 0 Å². The van der Waals surface area contributed by atoms with E-state index in [0.29, 0.717) is 0 Å². The van der Waals surface area contributed by atoms with Crippen molar-refractivity contribution in [2.45, 2.75) is 26.2 Å². The van der Waals surface area contributed by atoms with Gasteiger partial charge in [-0.05, 0) is 37.3 Å². The first-order chi connectivity index (χ1) is 6.77. The van der Waals surface area contributed by atoms with Gasteiger partial charge in [0.15, 0.2) is 0 Å². The molecule has 1 aromatic carbocycles. The molecule has 0 bridgehead atoms. The van der Waals surface area contributed by atoms with Gasteiger partial charge < -0.3 is 11.1 Å². The van der Waals surface area contributed by atoms with Crippen LogP contribution in [0.1, 0.15) is 24.8 Å². The summed E-state index contributed by atoms with van der Waals surface area (Å²) < 4.78 is 0. The Balaban J connectivity index is 1.97. The molecule has 0 spiro atoms. The quantitative estimate of drug-likeness (QED) is 0.719. The van der Waals surface area contributed by atoms with E-state index in [1.807, 2.05) is 13.0 Å². The zero-order valence-electron chi connectivity index (χ0n) is 8.72. The molecule has 0 radical (unpaired) electrons. The number of hydrogen-bond donors (Lipinski definition) is 2. The molecule has 1 saturated carbocycles. The summed E-state index contributed by atoms with van der Waals surface area (Å²) in [5, 5.41) is 3.43. The standard InChI is InChI=1S/C12H18N2/c1-9-4-2-7-11(12(9)13)14-8-10-5-3-6-10/h2,4,7,10,14H,3,5-6,8,13H2,1H3. The van der Waals surface area contributed by atoms with Crippen LogP contribution in [0.4, 0.5) is 11.4 Å². The summed E-state index contributed by atoms with van der Waals surface area (Å²) in [5.74, 6) is 0.870. The Morgan fingerprint density at radius 1 is 1.43 bits per heavy atom. The highest BCUT2D eigenvalue weighted by Crippen LogP contribution is 2.28. The van der Waals surface area contributed by atoms with Crippen LogP contribution in [0.5, 0.6) is 0 Å². The van der Waals surface area contributed by atoms with E-state index in [1.54, 1.807) is 0 Å². The average molecular weight is 190 g/mol. The summed E-state index contributed by atoms with van der Waals surface area (Å²) in [4.78, 5) is 0. The van der Waals surface area contributed by atoms with Crippen LogP contribution in [0.25, 0.3) is 0 Å². The third-order valence-corrected chi connectivity index (χ3v) is 3.13. The number of nitrogens with one attached hydrogen (secondary N) is 1. The summed E-state index contributed by atoms with van der Waals surface area (Å²) in [6.07, 6.45) is 4.15. The van der Waals surface area contributed by atoms with Crippen molar-refractivity contribution < 1.29 is 0 Å². The molecule has 14 heavy (non-hydrogen) atoms. The Morgan fingerprint density at radius 3 is 2.86 bits per heavy atom.